The topological polar surface area (TPSA) is 40.6 Å². The minimum atomic E-state index is -0.0909. The van der Waals surface area contributed by atoms with Crippen LogP contribution < -0.4 is 4.90 Å². The first-order valence-electron chi connectivity index (χ1n) is 8.20. The first kappa shape index (κ1) is 16.5. The van der Waals surface area contributed by atoms with Crippen LogP contribution in [0, 0.1) is 5.92 Å². The lowest BCUT2D eigenvalue weighted by Crippen LogP contribution is -2.48. The summed E-state index contributed by atoms with van der Waals surface area (Å²) in [4.78, 5) is 28.6. The fourth-order valence-electron chi connectivity index (χ4n) is 3.09. The monoisotopic (exact) mass is 302 g/mol. The third-order valence-corrected chi connectivity index (χ3v) is 4.21. The molecule has 1 atom stereocenters. The summed E-state index contributed by atoms with van der Waals surface area (Å²) in [6, 6.07) is 9.89. The average molecular weight is 302 g/mol. The normalized spacial score (nSPS) is 18.4. The molecule has 1 aliphatic heterocycles. The van der Waals surface area contributed by atoms with Gasteiger partial charge in [0.1, 0.15) is 0 Å². The van der Waals surface area contributed by atoms with Gasteiger partial charge in [-0.3, -0.25) is 9.59 Å². The Balaban J connectivity index is 2.15. The van der Waals surface area contributed by atoms with Gasteiger partial charge in [-0.05, 0) is 38.8 Å². The van der Waals surface area contributed by atoms with Crippen LogP contribution in [0.5, 0.6) is 0 Å². The molecule has 1 aromatic rings. The Morgan fingerprint density at radius 3 is 2.55 bits per heavy atom. The minimum Gasteiger partial charge on any atom is -0.342 e. The first-order valence-corrected chi connectivity index (χ1v) is 8.20. The van der Waals surface area contributed by atoms with Crippen molar-refractivity contribution in [2.75, 3.05) is 18.0 Å². The van der Waals surface area contributed by atoms with Crippen molar-refractivity contribution in [1.82, 2.24) is 4.90 Å². The lowest BCUT2D eigenvalue weighted by Gasteiger charge is -2.36. The summed E-state index contributed by atoms with van der Waals surface area (Å²) in [5.74, 6) is 0.190. The van der Waals surface area contributed by atoms with Crippen molar-refractivity contribution in [2.24, 2.45) is 5.92 Å². The summed E-state index contributed by atoms with van der Waals surface area (Å²) in [6.07, 6.45) is 2.28. The van der Waals surface area contributed by atoms with E-state index in [1.54, 1.807) is 0 Å². The Bertz CT molecular complexity index is 513. The summed E-state index contributed by atoms with van der Waals surface area (Å²) in [5.41, 5.74) is 0.932. The summed E-state index contributed by atoms with van der Waals surface area (Å²) in [6.45, 7) is 7.27. The number of likely N-dealkylation sites (tertiary alicyclic amines) is 1. The second-order valence-corrected chi connectivity index (χ2v) is 6.17. The maximum Gasteiger partial charge on any atom is 0.232 e. The molecular weight excluding hydrogens is 276 g/mol. The van der Waals surface area contributed by atoms with Crippen LogP contribution in [0.2, 0.25) is 0 Å². The molecule has 1 saturated heterocycles. The van der Waals surface area contributed by atoms with E-state index in [1.807, 2.05) is 60.9 Å². The van der Waals surface area contributed by atoms with Crippen LogP contribution in [0.1, 0.15) is 40.0 Å². The SMILES string of the molecule is CCC(=O)N1CCCC(C(=O)N(c2ccccc2)C(C)C)C1. The van der Waals surface area contributed by atoms with Crippen molar-refractivity contribution in [3.63, 3.8) is 0 Å². The fraction of sp³-hybridized carbons (Fsp3) is 0.556. The molecule has 120 valence electrons. The molecule has 1 unspecified atom stereocenters. The molecule has 0 aromatic heterocycles. The number of carbonyl (C=O) groups excluding carboxylic acids is 2. The fourth-order valence-corrected chi connectivity index (χ4v) is 3.09. The molecule has 4 heteroatoms. The number of amides is 2. The zero-order chi connectivity index (χ0) is 16.1. The van der Waals surface area contributed by atoms with E-state index < -0.39 is 0 Å². The van der Waals surface area contributed by atoms with Crippen molar-refractivity contribution in [3.05, 3.63) is 30.3 Å². The van der Waals surface area contributed by atoms with E-state index in [4.69, 9.17) is 0 Å². The van der Waals surface area contributed by atoms with E-state index in [9.17, 15) is 9.59 Å². The molecule has 0 bridgehead atoms. The zero-order valence-corrected chi connectivity index (χ0v) is 13.8. The van der Waals surface area contributed by atoms with E-state index in [0.29, 0.717) is 13.0 Å². The number of para-hydroxylation sites is 1. The Kier molecular flexibility index (Phi) is 5.58. The van der Waals surface area contributed by atoms with Crippen molar-refractivity contribution < 1.29 is 9.59 Å². The van der Waals surface area contributed by atoms with Crippen LogP contribution >= 0.6 is 0 Å². The maximum absolute atomic E-state index is 13.0. The van der Waals surface area contributed by atoms with Crippen molar-refractivity contribution in [3.8, 4) is 0 Å². The van der Waals surface area contributed by atoms with E-state index in [2.05, 4.69) is 0 Å². The maximum atomic E-state index is 13.0. The van der Waals surface area contributed by atoms with Gasteiger partial charge in [0.25, 0.3) is 0 Å². The molecule has 0 radical (unpaired) electrons. The number of piperidine rings is 1. The number of nitrogens with zero attached hydrogens (tertiary/aromatic N) is 2. The van der Waals surface area contributed by atoms with Gasteiger partial charge < -0.3 is 9.80 Å². The molecular formula is C18H26N2O2. The highest BCUT2D eigenvalue weighted by molar-refractivity contribution is 5.96. The lowest BCUT2D eigenvalue weighted by molar-refractivity contribution is -0.134. The van der Waals surface area contributed by atoms with E-state index in [0.717, 1.165) is 25.1 Å². The minimum absolute atomic E-state index is 0.0909. The van der Waals surface area contributed by atoms with Gasteiger partial charge in [-0.15, -0.1) is 0 Å². The molecule has 2 rings (SSSR count). The summed E-state index contributed by atoms with van der Waals surface area (Å²) < 4.78 is 0. The number of carbonyl (C=O) groups is 2. The van der Waals surface area contributed by atoms with Crippen molar-refractivity contribution >= 4 is 17.5 Å². The van der Waals surface area contributed by atoms with Crippen LogP contribution in [-0.4, -0.2) is 35.8 Å². The molecule has 22 heavy (non-hydrogen) atoms. The lowest BCUT2D eigenvalue weighted by atomic mass is 9.95. The van der Waals surface area contributed by atoms with Gasteiger partial charge in [0.15, 0.2) is 0 Å². The highest BCUT2D eigenvalue weighted by Gasteiger charge is 2.32. The number of hydrogen-bond donors (Lipinski definition) is 0. The molecule has 0 spiro atoms. The van der Waals surface area contributed by atoms with Gasteiger partial charge in [-0.25, -0.2) is 0 Å². The zero-order valence-electron chi connectivity index (χ0n) is 13.8. The van der Waals surface area contributed by atoms with Crippen LogP contribution in [0.25, 0.3) is 0 Å². The largest absolute Gasteiger partial charge is 0.342 e. The van der Waals surface area contributed by atoms with Crippen LogP contribution in [0.3, 0.4) is 0 Å². The number of hydrogen-bond acceptors (Lipinski definition) is 2. The third-order valence-electron chi connectivity index (χ3n) is 4.21. The van der Waals surface area contributed by atoms with Gasteiger partial charge in [0.05, 0.1) is 5.92 Å². The predicted octanol–water partition coefficient (Wildman–Crippen LogP) is 3.08. The number of rotatable bonds is 4. The van der Waals surface area contributed by atoms with E-state index in [-0.39, 0.29) is 23.8 Å². The number of benzene rings is 1. The van der Waals surface area contributed by atoms with Gasteiger partial charge in [-0.2, -0.15) is 0 Å². The Labute approximate surface area is 133 Å². The first-order chi connectivity index (χ1) is 10.5. The van der Waals surface area contributed by atoms with Crippen molar-refractivity contribution in [1.29, 1.82) is 0 Å². The standard InChI is InChI=1S/C18H26N2O2/c1-4-17(21)19-12-8-9-15(13-19)18(22)20(14(2)3)16-10-6-5-7-11-16/h5-7,10-11,14-15H,4,8-9,12-13H2,1-3H3. The molecule has 1 aromatic carbocycles. The predicted molar refractivity (Wildman–Crippen MR) is 88.7 cm³/mol. The second kappa shape index (κ2) is 7.43. The quantitative estimate of drug-likeness (QED) is 0.857. The Morgan fingerprint density at radius 1 is 1.27 bits per heavy atom. The van der Waals surface area contributed by atoms with Crippen LogP contribution in [-0.2, 0) is 9.59 Å². The summed E-state index contributed by atoms with van der Waals surface area (Å²) in [7, 11) is 0. The van der Waals surface area contributed by atoms with Gasteiger partial charge in [-0.1, -0.05) is 25.1 Å². The molecule has 2 amide bonds. The Hall–Kier alpha value is -1.84. The molecule has 0 aliphatic carbocycles. The second-order valence-electron chi connectivity index (χ2n) is 6.17. The number of anilines is 1. The third kappa shape index (κ3) is 3.67. The van der Waals surface area contributed by atoms with Gasteiger partial charge >= 0.3 is 0 Å². The average Bonchev–Trinajstić information content (AvgIpc) is 2.55. The molecule has 1 fully saturated rings. The summed E-state index contributed by atoms with van der Waals surface area (Å²) >= 11 is 0. The van der Waals surface area contributed by atoms with Crippen LogP contribution in [0.4, 0.5) is 5.69 Å². The molecule has 1 heterocycles. The highest BCUT2D eigenvalue weighted by atomic mass is 16.2. The van der Waals surface area contributed by atoms with E-state index in [1.165, 1.54) is 0 Å². The molecule has 1 aliphatic rings. The van der Waals surface area contributed by atoms with E-state index >= 15 is 0 Å². The van der Waals surface area contributed by atoms with Gasteiger partial charge in [0, 0.05) is 31.2 Å². The highest BCUT2D eigenvalue weighted by Crippen LogP contribution is 2.24. The smallest absolute Gasteiger partial charge is 0.232 e. The van der Waals surface area contributed by atoms with Crippen molar-refractivity contribution in [2.45, 2.75) is 46.1 Å². The molecule has 0 N–H and O–H groups in total. The summed E-state index contributed by atoms with van der Waals surface area (Å²) in [5, 5.41) is 0. The van der Waals surface area contributed by atoms with Gasteiger partial charge in [0.2, 0.25) is 11.8 Å². The molecule has 0 saturated carbocycles. The van der Waals surface area contributed by atoms with Crippen LogP contribution in [0.15, 0.2) is 30.3 Å². The molecule has 4 nitrogen and oxygen atoms in total. The Morgan fingerprint density at radius 2 is 1.95 bits per heavy atom.